The van der Waals surface area contributed by atoms with Crippen LogP contribution < -0.4 is 10.6 Å². The van der Waals surface area contributed by atoms with Crippen molar-refractivity contribution in [2.24, 2.45) is 0 Å². The molecule has 0 aliphatic heterocycles. The number of hydrogen-bond acceptors (Lipinski definition) is 7. The van der Waals surface area contributed by atoms with Crippen molar-refractivity contribution in [3.8, 4) is 0 Å². The molecular formula is C18H8F8N6O. The number of nitrogens with one attached hydrogen (secondary N) is 2. The molecule has 4 rings (SSSR count). The summed E-state index contributed by atoms with van der Waals surface area (Å²) in [6.45, 7) is 0. The van der Waals surface area contributed by atoms with Crippen LogP contribution in [0.25, 0.3) is 11.3 Å². The van der Waals surface area contributed by atoms with Crippen molar-refractivity contribution in [3.05, 3.63) is 59.2 Å². The van der Waals surface area contributed by atoms with Gasteiger partial charge in [-0.05, 0) is 46.7 Å². The number of fused-ring (bicyclic) bond motifs is 1. The maximum Gasteiger partial charge on any atom is 0.416 e. The summed E-state index contributed by atoms with van der Waals surface area (Å²) in [6.07, 6.45) is -9.59. The fourth-order valence-corrected chi connectivity index (χ4v) is 2.66. The first-order valence-corrected chi connectivity index (χ1v) is 8.69. The number of hydrogen-bond donors (Lipinski definition) is 2. The molecule has 0 spiro atoms. The van der Waals surface area contributed by atoms with E-state index in [4.69, 9.17) is 0 Å². The predicted octanol–water partition coefficient (Wildman–Crippen LogP) is 5.82. The molecule has 4 aromatic rings. The van der Waals surface area contributed by atoms with Gasteiger partial charge < -0.3 is 10.6 Å². The van der Waals surface area contributed by atoms with Gasteiger partial charge in [-0.2, -0.15) is 26.3 Å². The molecule has 2 aromatic heterocycles. The van der Waals surface area contributed by atoms with E-state index in [0.717, 1.165) is 0 Å². The van der Waals surface area contributed by atoms with Crippen molar-refractivity contribution < 1.29 is 39.8 Å². The lowest BCUT2D eigenvalue weighted by molar-refractivity contribution is -0.138. The minimum Gasteiger partial charge on any atom is -0.335 e. The van der Waals surface area contributed by atoms with Gasteiger partial charge in [-0.25, -0.2) is 23.4 Å². The number of nitrogens with zero attached hydrogens (tertiary/aromatic N) is 4. The van der Waals surface area contributed by atoms with Gasteiger partial charge in [0, 0.05) is 0 Å². The maximum absolute atomic E-state index is 14.2. The highest BCUT2D eigenvalue weighted by Crippen LogP contribution is 2.36. The van der Waals surface area contributed by atoms with Gasteiger partial charge >= 0.3 is 12.4 Å². The first kappa shape index (κ1) is 22.2. The van der Waals surface area contributed by atoms with Crippen molar-refractivity contribution in [1.29, 1.82) is 0 Å². The highest BCUT2D eigenvalue weighted by Gasteiger charge is 2.32. The number of alkyl halides is 6. The molecule has 2 aromatic carbocycles. The molecule has 0 aliphatic rings. The summed E-state index contributed by atoms with van der Waals surface area (Å²) >= 11 is 0. The maximum atomic E-state index is 14.2. The van der Waals surface area contributed by atoms with Crippen LogP contribution in [0.1, 0.15) is 11.1 Å². The van der Waals surface area contributed by atoms with Crippen LogP contribution in [0.4, 0.5) is 58.1 Å². The van der Waals surface area contributed by atoms with Gasteiger partial charge in [0.2, 0.25) is 11.3 Å². The molecule has 0 bridgehead atoms. The molecule has 0 fully saturated rings. The number of aromatic nitrogens is 4. The standard InChI is InChI=1S/C18H8F8N6O/c19-9-3-1-7(17(21,22)23)5-11(9)27-13-14(30-16-15(29-13)31-33-32-16)28-12-6-8(18(24,25)26)2-4-10(12)20/h1-6H,(H,27,29,31)(H,28,30,32). The Kier molecular flexibility index (Phi) is 5.26. The van der Waals surface area contributed by atoms with Gasteiger partial charge in [0.25, 0.3) is 0 Å². The number of anilines is 4. The molecule has 172 valence electrons. The van der Waals surface area contributed by atoms with E-state index in [-0.39, 0.29) is 11.3 Å². The molecular weight excluding hydrogens is 468 g/mol. The number of rotatable bonds is 4. The van der Waals surface area contributed by atoms with Crippen LogP contribution in [0.5, 0.6) is 0 Å². The van der Waals surface area contributed by atoms with E-state index in [1.165, 1.54) is 0 Å². The smallest absolute Gasteiger partial charge is 0.335 e. The molecule has 15 heteroatoms. The van der Waals surface area contributed by atoms with E-state index in [9.17, 15) is 35.1 Å². The van der Waals surface area contributed by atoms with Crippen LogP contribution in [0.2, 0.25) is 0 Å². The molecule has 0 unspecified atom stereocenters. The Morgan fingerprint density at radius 1 is 0.636 bits per heavy atom. The Labute approximate surface area is 177 Å². The van der Waals surface area contributed by atoms with Crippen molar-refractivity contribution in [2.45, 2.75) is 12.4 Å². The Morgan fingerprint density at radius 3 is 1.39 bits per heavy atom. The zero-order chi connectivity index (χ0) is 24.0. The largest absolute Gasteiger partial charge is 0.416 e. The quantitative estimate of drug-likeness (QED) is 0.359. The average Bonchev–Trinajstić information content (AvgIpc) is 3.17. The summed E-state index contributed by atoms with van der Waals surface area (Å²) in [5.41, 5.74) is -4.30. The van der Waals surface area contributed by atoms with Crippen molar-refractivity contribution in [3.63, 3.8) is 0 Å². The topological polar surface area (TPSA) is 88.8 Å². The Hall–Kier alpha value is -4.04. The normalized spacial score (nSPS) is 12.2. The van der Waals surface area contributed by atoms with Crippen molar-refractivity contribution >= 4 is 34.3 Å². The Balaban J connectivity index is 1.79. The van der Waals surface area contributed by atoms with Gasteiger partial charge in [-0.15, -0.1) is 0 Å². The van der Waals surface area contributed by atoms with Crippen LogP contribution >= 0.6 is 0 Å². The van der Waals surface area contributed by atoms with Crippen molar-refractivity contribution in [2.75, 3.05) is 10.6 Å². The summed E-state index contributed by atoms with van der Waals surface area (Å²) in [5.74, 6) is -3.21. The lowest BCUT2D eigenvalue weighted by atomic mass is 10.2. The summed E-state index contributed by atoms with van der Waals surface area (Å²) in [7, 11) is 0. The zero-order valence-electron chi connectivity index (χ0n) is 15.7. The van der Waals surface area contributed by atoms with Gasteiger partial charge in [0.05, 0.1) is 22.5 Å². The second-order valence-electron chi connectivity index (χ2n) is 6.47. The third-order valence-electron chi connectivity index (χ3n) is 4.21. The van der Waals surface area contributed by atoms with E-state index in [2.05, 4.69) is 35.5 Å². The fourth-order valence-electron chi connectivity index (χ4n) is 2.66. The summed E-state index contributed by atoms with van der Waals surface area (Å²) in [4.78, 5) is 7.73. The monoisotopic (exact) mass is 476 g/mol. The third-order valence-corrected chi connectivity index (χ3v) is 4.21. The van der Waals surface area contributed by atoms with Crippen LogP contribution in [0.3, 0.4) is 0 Å². The molecule has 0 amide bonds. The second kappa shape index (κ2) is 7.83. The fraction of sp³-hybridized carbons (Fsp3) is 0.111. The van der Waals surface area contributed by atoms with Gasteiger partial charge in [-0.3, -0.25) is 0 Å². The van der Waals surface area contributed by atoms with Crippen molar-refractivity contribution in [1.82, 2.24) is 20.3 Å². The minimum atomic E-state index is -4.79. The Morgan fingerprint density at radius 2 is 1.03 bits per heavy atom. The van der Waals surface area contributed by atoms with Crippen LogP contribution in [-0.2, 0) is 12.4 Å². The highest BCUT2D eigenvalue weighted by molar-refractivity contribution is 5.79. The molecule has 0 aliphatic carbocycles. The summed E-state index contributed by atoms with van der Waals surface area (Å²) < 4.78 is 111. The molecule has 0 radical (unpaired) electrons. The molecule has 7 nitrogen and oxygen atoms in total. The molecule has 0 atom stereocenters. The molecule has 33 heavy (non-hydrogen) atoms. The highest BCUT2D eigenvalue weighted by atomic mass is 19.4. The third kappa shape index (κ3) is 4.61. The summed E-state index contributed by atoms with van der Waals surface area (Å²) in [5, 5.41) is 11.3. The van der Waals surface area contributed by atoms with Crippen LogP contribution in [-0.4, -0.2) is 20.3 Å². The van der Waals surface area contributed by atoms with E-state index >= 15 is 0 Å². The van der Waals surface area contributed by atoms with Crippen LogP contribution in [0, 0.1) is 11.6 Å². The SMILES string of the molecule is Fc1ccc(C(F)(F)F)cc1Nc1nc2nonc2nc1Nc1cc(C(F)(F)F)ccc1F. The number of halogens is 8. The minimum absolute atomic E-state index is 0.264. The van der Waals surface area contributed by atoms with E-state index in [1.807, 2.05) is 0 Å². The predicted molar refractivity (Wildman–Crippen MR) is 96.8 cm³/mol. The molecule has 2 N–H and O–H groups in total. The lowest BCUT2D eigenvalue weighted by Crippen LogP contribution is -2.09. The molecule has 0 saturated carbocycles. The lowest BCUT2D eigenvalue weighted by Gasteiger charge is -2.15. The van der Waals surface area contributed by atoms with E-state index < -0.39 is 58.1 Å². The van der Waals surface area contributed by atoms with E-state index in [0.29, 0.717) is 36.4 Å². The van der Waals surface area contributed by atoms with Crippen LogP contribution in [0.15, 0.2) is 41.0 Å². The van der Waals surface area contributed by atoms with E-state index in [1.54, 1.807) is 0 Å². The molecule has 2 heterocycles. The summed E-state index contributed by atoms with van der Waals surface area (Å²) in [6, 6.07) is 3.00. The second-order valence-corrected chi connectivity index (χ2v) is 6.47. The number of benzene rings is 2. The van der Waals surface area contributed by atoms with Gasteiger partial charge in [0.15, 0.2) is 11.6 Å². The first-order valence-electron chi connectivity index (χ1n) is 8.69. The first-order chi connectivity index (χ1) is 15.4. The zero-order valence-corrected chi connectivity index (χ0v) is 15.7. The average molecular weight is 476 g/mol. The van der Waals surface area contributed by atoms with Gasteiger partial charge in [0.1, 0.15) is 11.6 Å². The molecule has 0 saturated heterocycles. The van der Waals surface area contributed by atoms with Gasteiger partial charge in [-0.1, -0.05) is 0 Å². The Bertz CT molecular complexity index is 1230.